The number of anilines is 1. The van der Waals surface area contributed by atoms with E-state index >= 15 is 0 Å². The second-order valence-electron chi connectivity index (χ2n) is 10.1. The van der Waals surface area contributed by atoms with E-state index in [4.69, 9.17) is 15.2 Å². The van der Waals surface area contributed by atoms with Crippen molar-refractivity contribution in [2.45, 2.75) is 39.0 Å². The Hall–Kier alpha value is -4.84. The number of aryl methyl sites for hydroxylation is 1. The molecule has 0 saturated heterocycles. The van der Waals surface area contributed by atoms with Crippen LogP contribution < -0.4 is 10.6 Å². The highest BCUT2D eigenvalue weighted by molar-refractivity contribution is 7.10. The van der Waals surface area contributed by atoms with E-state index in [9.17, 15) is 24.5 Å². The number of benzene rings is 1. The Labute approximate surface area is 251 Å². The highest BCUT2D eigenvalue weighted by atomic mass is 32.1. The predicted molar refractivity (Wildman–Crippen MR) is 159 cm³/mol. The summed E-state index contributed by atoms with van der Waals surface area (Å²) in [6.45, 7) is 5.20. The van der Waals surface area contributed by atoms with Crippen LogP contribution in [0.1, 0.15) is 48.1 Å². The molecule has 2 N–H and O–H groups in total. The number of ketones is 1. The van der Waals surface area contributed by atoms with E-state index in [2.05, 4.69) is 4.98 Å². The third-order valence-corrected chi connectivity index (χ3v) is 8.65. The molecule has 5 rings (SSSR count). The molecule has 2 aromatic heterocycles. The standard InChI is InChI=1S/C31H30N4O7S/c1-4-41-30(37)25-20(23-9-7-13-43-23)15-22-26(28(25)36)24(18-8-6-12-33-16-18)27(31(38)42-5-2)29(32)34(22)21-14-19(35(39)40)11-10-17(21)3/h6-14,16,20,24-25H,4-5,15,32H2,1-3H3. The van der Waals surface area contributed by atoms with Gasteiger partial charge in [-0.05, 0) is 55.8 Å². The van der Waals surface area contributed by atoms with Crippen molar-refractivity contribution in [1.29, 1.82) is 0 Å². The molecule has 0 amide bonds. The highest BCUT2D eigenvalue weighted by Gasteiger charge is 2.52. The minimum absolute atomic E-state index is 0.0231. The van der Waals surface area contributed by atoms with Crippen LogP contribution in [0, 0.1) is 23.0 Å². The van der Waals surface area contributed by atoms with Gasteiger partial charge < -0.3 is 15.2 Å². The van der Waals surface area contributed by atoms with Gasteiger partial charge in [-0.2, -0.15) is 0 Å². The van der Waals surface area contributed by atoms with Gasteiger partial charge in [-0.3, -0.25) is 29.6 Å². The van der Waals surface area contributed by atoms with Gasteiger partial charge in [0.2, 0.25) is 0 Å². The van der Waals surface area contributed by atoms with Crippen molar-refractivity contribution in [1.82, 2.24) is 4.98 Å². The van der Waals surface area contributed by atoms with Gasteiger partial charge in [0.1, 0.15) is 11.7 Å². The number of allylic oxidation sites excluding steroid dienone is 2. The molecule has 11 nitrogen and oxygen atoms in total. The molecule has 3 heterocycles. The second kappa shape index (κ2) is 12.2. The minimum Gasteiger partial charge on any atom is -0.465 e. The lowest BCUT2D eigenvalue weighted by atomic mass is 9.68. The number of nitrogens with zero attached hydrogens (tertiary/aromatic N) is 3. The summed E-state index contributed by atoms with van der Waals surface area (Å²) in [5, 5.41) is 13.7. The molecule has 12 heteroatoms. The number of esters is 2. The van der Waals surface area contributed by atoms with Crippen LogP contribution >= 0.6 is 11.3 Å². The summed E-state index contributed by atoms with van der Waals surface area (Å²) < 4.78 is 10.8. The number of non-ortho nitro benzene ring substituents is 1. The Kier molecular flexibility index (Phi) is 8.40. The zero-order valence-electron chi connectivity index (χ0n) is 23.8. The molecule has 0 bridgehead atoms. The maximum Gasteiger partial charge on any atom is 0.338 e. The summed E-state index contributed by atoms with van der Waals surface area (Å²) in [5.41, 5.74) is 8.69. The maximum absolute atomic E-state index is 14.7. The van der Waals surface area contributed by atoms with Crippen molar-refractivity contribution in [3.8, 4) is 0 Å². The fourth-order valence-corrected chi connectivity index (χ4v) is 6.68. The van der Waals surface area contributed by atoms with Crippen LogP contribution in [0.15, 0.2) is 82.9 Å². The van der Waals surface area contributed by atoms with E-state index in [1.165, 1.54) is 34.6 Å². The molecule has 3 atom stereocenters. The smallest absolute Gasteiger partial charge is 0.338 e. The van der Waals surface area contributed by atoms with E-state index in [1.807, 2.05) is 17.5 Å². The number of pyridine rings is 1. The number of nitro groups is 1. The Morgan fingerprint density at radius 2 is 1.93 bits per heavy atom. The fourth-order valence-electron chi connectivity index (χ4n) is 5.82. The lowest BCUT2D eigenvalue weighted by Gasteiger charge is -2.44. The summed E-state index contributed by atoms with van der Waals surface area (Å²) in [7, 11) is 0. The number of aromatic nitrogens is 1. The van der Waals surface area contributed by atoms with Crippen LogP contribution in [0.2, 0.25) is 0 Å². The summed E-state index contributed by atoms with van der Waals surface area (Å²) in [5.74, 6) is -4.76. The van der Waals surface area contributed by atoms with Gasteiger partial charge in [-0.1, -0.05) is 18.2 Å². The first-order valence-corrected chi connectivity index (χ1v) is 14.7. The van der Waals surface area contributed by atoms with Gasteiger partial charge in [-0.15, -0.1) is 11.3 Å². The van der Waals surface area contributed by atoms with Crippen LogP contribution in [0.4, 0.5) is 11.4 Å². The normalized spacial score (nSPS) is 20.1. The third kappa shape index (κ3) is 5.29. The Morgan fingerprint density at radius 3 is 2.56 bits per heavy atom. The van der Waals surface area contributed by atoms with Crippen molar-refractivity contribution in [2.75, 3.05) is 18.1 Å². The molecular weight excluding hydrogens is 572 g/mol. The van der Waals surface area contributed by atoms with Gasteiger partial charge in [0, 0.05) is 46.6 Å². The maximum atomic E-state index is 14.7. The van der Waals surface area contributed by atoms with Crippen LogP contribution in [-0.2, 0) is 23.9 Å². The molecule has 0 fully saturated rings. The van der Waals surface area contributed by atoms with Crippen molar-refractivity contribution < 1.29 is 28.8 Å². The largest absolute Gasteiger partial charge is 0.465 e. The number of carbonyl (C=O) groups excluding carboxylic acids is 3. The second-order valence-corrected chi connectivity index (χ2v) is 11.1. The Morgan fingerprint density at radius 1 is 1.16 bits per heavy atom. The molecule has 0 radical (unpaired) electrons. The number of ether oxygens (including phenoxy) is 2. The number of hydrogen-bond acceptors (Lipinski definition) is 11. The fraction of sp³-hybridized carbons (Fsp3) is 0.290. The quantitative estimate of drug-likeness (QED) is 0.163. The summed E-state index contributed by atoms with van der Waals surface area (Å²) in [6, 6.07) is 11.4. The van der Waals surface area contributed by atoms with Crippen molar-refractivity contribution in [2.24, 2.45) is 11.7 Å². The molecule has 2 aliphatic rings. The first-order chi connectivity index (χ1) is 20.7. The van der Waals surface area contributed by atoms with E-state index in [0.717, 1.165) is 4.88 Å². The van der Waals surface area contributed by atoms with E-state index in [-0.39, 0.29) is 42.3 Å². The number of nitrogens with two attached hydrogens (primary N) is 1. The van der Waals surface area contributed by atoms with Crippen LogP contribution in [0.25, 0.3) is 0 Å². The first kappa shape index (κ1) is 29.6. The minimum atomic E-state index is -1.19. The molecule has 222 valence electrons. The third-order valence-electron chi connectivity index (χ3n) is 7.65. The van der Waals surface area contributed by atoms with Crippen molar-refractivity contribution in [3.63, 3.8) is 0 Å². The SMILES string of the molecule is CCOC(=O)C1=C(N)N(c2cc([N+](=O)[O-])ccc2C)C2=C(C(=O)C(C(=O)OCC)C(c3cccs3)C2)C1c1cccnc1. The van der Waals surface area contributed by atoms with Crippen LogP contribution in [0.3, 0.4) is 0 Å². The monoisotopic (exact) mass is 602 g/mol. The van der Waals surface area contributed by atoms with Gasteiger partial charge in [-0.25, -0.2) is 4.79 Å². The van der Waals surface area contributed by atoms with E-state index in [1.54, 1.807) is 45.2 Å². The predicted octanol–water partition coefficient (Wildman–Crippen LogP) is 4.89. The number of carbonyl (C=O) groups is 3. The number of rotatable bonds is 8. The molecule has 0 spiro atoms. The van der Waals surface area contributed by atoms with Crippen molar-refractivity contribution in [3.05, 3.63) is 109 Å². The lowest BCUT2D eigenvalue weighted by Crippen LogP contribution is -2.46. The molecule has 1 aliphatic carbocycles. The lowest BCUT2D eigenvalue weighted by molar-refractivity contribution is -0.384. The molecule has 43 heavy (non-hydrogen) atoms. The summed E-state index contributed by atoms with van der Waals surface area (Å²) in [4.78, 5) is 59.6. The molecule has 3 aromatic rings. The average Bonchev–Trinajstić information content (AvgIpc) is 3.52. The zero-order chi connectivity index (χ0) is 30.8. The van der Waals surface area contributed by atoms with Gasteiger partial charge in [0.25, 0.3) is 5.69 Å². The molecule has 1 aliphatic heterocycles. The highest BCUT2D eigenvalue weighted by Crippen LogP contribution is 2.52. The van der Waals surface area contributed by atoms with Gasteiger partial charge in [0.05, 0.1) is 35.3 Å². The molecular formula is C31H30N4O7S. The number of Topliss-reactive ketones (excluding diaryl/α,β-unsaturated/α-hetero) is 1. The number of thiophene rings is 1. The Balaban J connectivity index is 1.85. The number of nitro benzene ring substituents is 1. The van der Waals surface area contributed by atoms with E-state index < -0.39 is 40.4 Å². The van der Waals surface area contributed by atoms with E-state index in [0.29, 0.717) is 22.5 Å². The topological polar surface area (TPSA) is 155 Å². The molecule has 3 unspecified atom stereocenters. The summed E-state index contributed by atoms with van der Waals surface area (Å²) >= 11 is 1.41. The molecule has 0 saturated carbocycles. The summed E-state index contributed by atoms with van der Waals surface area (Å²) in [6.07, 6.45) is 3.27. The molecule has 1 aromatic carbocycles. The van der Waals surface area contributed by atoms with Crippen molar-refractivity contribution >= 4 is 40.4 Å². The van der Waals surface area contributed by atoms with Gasteiger partial charge >= 0.3 is 11.9 Å². The van der Waals surface area contributed by atoms with Gasteiger partial charge in [0.15, 0.2) is 5.78 Å². The Bertz CT molecular complexity index is 1650. The van der Waals surface area contributed by atoms with Crippen LogP contribution in [0.5, 0.6) is 0 Å². The van der Waals surface area contributed by atoms with Crippen LogP contribution in [-0.4, -0.2) is 40.8 Å². The average molecular weight is 603 g/mol. The first-order valence-electron chi connectivity index (χ1n) is 13.8. The zero-order valence-corrected chi connectivity index (χ0v) is 24.6. The number of hydrogen-bond donors (Lipinski definition) is 1.